The van der Waals surface area contributed by atoms with Gasteiger partial charge in [0.1, 0.15) is 6.61 Å². The number of H-pyrrole nitrogens is 1. The van der Waals surface area contributed by atoms with E-state index in [1.54, 1.807) is 0 Å². The number of ether oxygens (including phenoxy) is 1. The molecule has 0 unspecified atom stereocenters. The van der Waals surface area contributed by atoms with E-state index in [2.05, 4.69) is 34.6 Å². The molecule has 0 radical (unpaired) electrons. The van der Waals surface area contributed by atoms with Crippen LogP contribution < -0.4 is 5.32 Å². The number of fused-ring (bicyclic) bond motifs is 1. The second kappa shape index (κ2) is 8.06. The zero-order valence-corrected chi connectivity index (χ0v) is 15.6. The average molecular weight is 371 g/mol. The van der Waals surface area contributed by atoms with Gasteiger partial charge < -0.3 is 10.1 Å². The monoisotopic (exact) mass is 371 g/mol. The van der Waals surface area contributed by atoms with Crippen molar-refractivity contribution in [1.29, 1.82) is 0 Å². The molecule has 0 atom stereocenters. The molecule has 0 spiro atoms. The maximum Gasteiger partial charge on any atom is 0.251 e. The highest BCUT2D eigenvalue weighted by molar-refractivity contribution is 6.01. The number of anilines is 1. The largest absolute Gasteiger partial charge is 0.367 e. The number of carbonyl (C=O) groups is 1. The summed E-state index contributed by atoms with van der Waals surface area (Å²) in [6.45, 7) is 2.47. The SMILES string of the molecule is Cc1ccccc1-c1ccc2c(NC(=O)COCc3ccccc3)n[nH]c2c1. The van der Waals surface area contributed by atoms with Gasteiger partial charge in [0, 0.05) is 5.39 Å². The molecule has 0 saturated carbocycles. The number of aromatic nitrogens is 2. The Balaban J connectivity index is 1.43. The van der Waals surface area contributed by atoms with E-state index in [0.29, 0.717) is 12.4 Å². The number of hydrogen-bond acceptors (Lipinski definition) is 3. The summed E-state index contributed by atoms with van der Waals surface area (Å²) < 4.78 is 5.48. The smallest absolute Gasteiger partial charge is 0.251 e. The minimum Gasteiger partial charge on any atom is -0.367 e. The number of hydrogen-bond donors (Lipinski definition) is 2. The Kier molecular flexibility index (Phi) is 5.17. The van der Waals surface area contributed by atoms with Crippen LogP contribution in [0.15, 0.2) is 72.8 Å². The second-order valence-electron chi connectivity index (χ2n) is 6.67. The summed E-state index contributed by atoms with van der Waals surface area (Å²) >= 11 is 0. The molecule has 0 bridgehead atoms. The number of carbonyl (C=O) groups excluding carboxylic acids is 1. The Morgan fingerprint density at radius 1 is 1.04 bits per heavy atom. The predicted molar refractivity (Wildman–Crippen MR) is 111 cm³/mol. The van der Waals surface area contributed by atoms with Crippen LogP contribution in [0.5, 0.6) is 0 Å². The van der Waals surface area contributed by atoms with Gasteiger partial charge in [0.15, 0.2) is 5.82 Å². The van der Waals surface area contributed by atoms with Gasteiger partial charge in [-0.1, -0.05) is 60.7 Å². The van der Waals surface area contributed by atoms with E-state index in [9.17, 15) is 4.79 Å². The van der Waals surface area contributed by atoms with Crippen molar-refractivity contribution in [3.05, 3.63) is 83.9 Å². The summed E-state index contributed by atoms with van der Waals surface area (Å²) in [6, 6.07) is 24.1. The highest BCUT2D eigenvalue weighted by Crippen LogP contribution is 2.28. The van der Waals surface area contributed by atoms with Crippen molar-refractivity contribution in [2.24, 2.45) is 0 Å². The lowest BCUT2D eigenvalue weighted by atomic mass is 10.00. The number of nitrogens with zero attached hydrogens (tertiary/aromatic N) is 1. The van der Waals surface area contributed by atoms with Gasteiger partial charge in [-0.25, -0.2) is 0 Å². The van der Waals surface area contributed by atoms with Crippen LogP contribution in [0.25, 0.3) is 22.0 Å². The van der Waals surface area contributed by atoms with E-state index in [0.717, 1.165) is 22.0 Å². The molecule has 4 aromatic rings. The molecule has 0 saturated heterocycles. The van der Waals surface area contributed by atoms with Crippen molar-refractivity contribution >= 4 is 22.6 Å². The lowest BCUT2D eigenvalue weighted by Crippen LogP contribution is -2.18. The average Bonchev–Trinajstić information content (AvgIpc) is 3.11. The first kappa shape index (κ1) is 17.9. The Labute approximate surface area is 163 Å². The number of aryl methyl sites for hydroxylation is 1. The molecule has 2 N–H and O–H groups in total. The third-order valence-corrected chi connectivity index (χ3v) is 4.62. The molecular formula is C23H21N3O2. The van der Waals surface area contributed by atoms with E-state index in [-0.39, 0.29) is 12.5 Å². The Morgan fingerprint density at radius 2 is 1.82 bits per heavy atom. The molecule has 3 aromatic carbocycles. The van der Waals surface area contributed by atoms with Gasteiger partial charge in [-0.15, -0.1) is 0 Å². The molecule has 1 amide bonds. The van der Waals surface area contributed by atoms with Gasteiger partial charge in [-0.05, 0) is 41.3 Å². The van der Waals surface area contributed by atoms with Crippen molar-refractivity contribution < 1.29 is 9.53 Å². The van der Waals surface area contributed by atoms with Crippen LogP contribution in [0.1, 0.15) is 11.1 Å². The van der Waals surface area contributed by atoms with Gasteiger partial charge in [-0.2, -0.15) is 5.10 Å². The van der Waals surface area contributed by atoms with E-state index in [1.165, 1.54) is 11.1 Å². The summed E-state index contributed by atoms with van der Waals surface area (Å²) in [4.78, 5) is 12.2. The standard InChI is InChI=1S/C23H21N3O2/c1-16-7-5-6-10-19(16)18-11-12-20-21(13-18)25-26-23(20)24-22(27)15-28-14-17-8-3-2-4-9-17/h2-13H,14-15H2,1H3,(H2,24,25,26,27). The summed E-state index contributed by atoms with van der Waals surface area (Å²) in [5.41, 5.74) is 5.41. The van der Waals surface area contributed by atoms with Gasteiger partial charge in [-0.3, -0.25) is 9.89 Å². The quantitative estimate of drug-likeness (QED) is 0.516. The van der Waals surface area contributed by atoms with Crippen molar-refractivity contribution in [3.8, 4) is 11.1 Å². The molecule has 1 heterocycles. The molecular weight excluding hydrogens is 350 g/mol. The van der Waals surface area contributed by atoms with Gasteiger partial charge in [0.2, 0.25) is 0 Å². The first-order chi connectivity index (χ1) is 13.7. The number of nitrogens with one attached hydrogen (secondary N) is 2. The van der Waals surface area contributed by atoms with Crippen LogP contribution in [0.3, 0.4) is 0 Å². The van der Waals surface area contributed by atoms with Crippen LogP contribution in [-0.4, -0.2) is 22.7 Å². The maximum atomic E-state index is 12.2. The Bertz CT molecular complexity index is 1100. The van der Waals surface area contributed by atoms with E-state index >= 15 is 0 Å². The number of amides is 1. The lowest BCUT2D eigenvalue weighted by molar-refractivity contribution is -0.121. The third-order valence-electron chi connectivity index (χ3n) is 4.62. The molecule has 0 aliphatic heterocycles. The zero-order valence-electron chi connectivity index (χ0n) is 15.6. The molecule has 28 heavy (non-hydrogen) atoms. The molecule has 140 valence electrons. The fraction of sp³-hybridized carbons (Fsp3) is 0.130. The van der Waals surface area contributed by atoms with Crippen LogP contribution in [0, 0.1) is 6.92 Å². The van der Waals surface area contributed by atoms with E-state index in [4.69, 9.17) is 4.74 Å². The van der Waals surface area contributed by atoms with Crippen molar-refractivity contribution in [2.45, 2.75) is 13.5 Å². The third kappa shape index (κ3) is 3.94. The Morgan fingerprint density at radius 3 is 2.64 bits per heavy atom. The fourth-order valence-corrected chi connectivity index (χ4v) is 3.18. The first-order valence-electron chi connectivity index (χ1n) is 9.16. The highest BCUT2D eigenvalue weighted by Gasteiger charge is 2.11. The highest BCUT2D eigenvalue weighted by atomic mass is 16.5. The van der Waals surface area contributed by atoms with E-state index < -0.39 is 0 Å². The summed E-state index contributed by atoms with van der Waals surface area (Å²) in [7, 11) is 0. The molecule has 0 aliphatic carbocycles. The lowest BCUT2D eigenvalue weighted by Gasteiger charge is -2.06. The minimum absolute atomic E-state index is 0.0233. The van der Waals surface area contributed by atoms with Gasteiger partial charge >= 0.3 is 0 Å². The van der Waals surface area contributed by atoms with Gasteiger partial charge in [0.25, 0.3) is 5.91 Å². The molecule has 0 aliphatic rings. The van der Waals surface area contributed by atoms with Crippen molar-refractivity contribution in [2.75, 3.05) is 11.9 Å². The minimum atomic E-state index is -0.229. The van der Waals surface area contributed by atoms with Crippen LogP contribution in [-0.2, 0) is 16.1 Å². The van der Waals surface area contributed by atoms with Crippen molar-refractivity contribution in [3.63, 3.8) is 0 Å². The Hall–Kier alpha value is -3.44. The molecule has 5 heteroatoms. The predicted octanol–water partition coefficient (Wildman–Crippen LogP) is 4.69. The maximum absolute atomic E-state index is 12.2. The van der Waals surface area contributed by atoms with Gasteiger partial charge in [0.05, 0.1) is 12.1 Å². The van der Waals surface area contributed by atoms with E-state index in [1.807, 2.05) is 60.7 Å². The van der Waals surface area contributed by atoms with Crippen molar-refractivity contribution in [1.82, 2.24) is 10.2 Å². The van der Waals surface area contributed by atoms with Crippen LogP contribution in [0.4, 0.5) is 5.82 Å². The first-order valence-corrected chi connectivity index (χ1v) is 9.16. The zero-order chi connectivity index (χ0) is 19.3. The van der Waals surface area contributed by atoms with Crippen LogP contribution >= 0.6 is 0 Å². The molecule has 1 aromatic heterocycles. The molecule has 4 rings (SSSR count). The second-order valence-corrected chi connectivity index (χ2v) is 6.67. The fourth-order valence-electron chi connectivity index (χ4n) is 3.18. The molecule has 0 fully saturated rings. The summed E-state index contributed by atoms with van der Waals surface area (Å²) in [6.07, 6.45) is 0. The summed E-state index contributed by atoms with van der Waals surface area (Å²) in [5, 5.41) is 10.9. The van der Waals surface area contributed by atoms with Crippen LogP contribution in [0.2, 0.25) is 0 Å². The number of benzene rings is 3. The topological polar surface area (TPSA) is 67.0 Å². The summed E-state index contributed by atoms with van der Waals surface area (Å²) in [5.74, 6) is 0.284. The normalized spacial score (nSPS) is 10.9. The number of aromatic amines is 1. The number of rotatable bonds is 6. The molecule has 5 nitrogen and oxygen atoms in total.